The van der Waals surface area contributed by atoms with E-state index in [0.717, 1.165) is 4.31 Å². The molecule has 3 atom stereocenters. The van der Waals surface area contributed by atoms with Crippen LogP contribution in [0.25, 0.3) is 0 Å². The SMILES string of the molecule is C[C@H]1C(=O)N(C)[C@@H]2CCN(S(=O)(=O)c3ccco3)[C@@H]2C(=O)N1C. The number of rotatable bonds is 2. The molecule has 23 heavy (non-hydrogen) atoms. The minimum absolute atomic E-state index is 0.171. The number of sulfonamides is 1. The predicted molar refractivity (Wildman–Crippen MR) is 79.8 cm³/mol. The Bertz CT molecular complexity index is 730. The third-order valence-corrected chi connectivity index (χ3v) is 6.53. The van der Waals surface area contributed by atoms with Crippen LogP contribution in [0, 0.1) is 0 Å². The highest BCUT2D eigenvalue weighted by molar-refractivity contribution is 7.89. The van der Waals surface area contributed by atoms with E-state index in [9.17, 15) is 18.0 Å². The van der Waals surface area contributed by atoms with E-state index in [-0.39, 0.29) is 23.5 Å². The Kier molecular flexibility index (Phi) is 3.72. The molecule has 9 heteroatoms. The number of amides is 2. The Balaban J connectivity index is 2.04. The Labute approximate surface area is 134 Å². The minimum atomic E-state index is -3.92. The molecule has 1 aromatic heterocycles. The first-order valence-corrected chi connectivity index (χ1v) is 8.79. The molecular weight excluding hydrogens is 322 g/mol. The molecule has 2 aliphatic heterocycles. The summed E-state index contributed by atoms with van der Waals surface area (Å²) in [5.74, 6) is -0.557. The largest absolute Gasteiger partial charge is 0.452 e. The van der Waals surface area contributed by atoms with Gasteiger partial charge in [0.1, 0.15) is 12.1 Å². The Morgan fingerprint density at radius 1 is 1.17 bits per heavy atom. The van der Waals surface area contributed by atoms with E-state index >= 15 is 0 Å². The van der Waals surface area contributed by atoms with Crippen LogP contribution in [0.3, 0.4) is 0 Å². The van der Waals surface area contributed by atoms with Crippen molar-refractivity contribution in [3.63, 3.8) is 0 Å². The number of furan rings is 1. The second-order valence-electron chi connectivity index (χ2n) is 5.92. The third kappa shape index (κ3) is 2.26. The summed E-state index contributed by atoms with van der Waals surface area (Å²) in [5.41, 5.74) is 0. The molecular formula is C14H19N3O5S. The van der Waals surface area contributed by atoms with Gasteiger partial charge >= 0.3 is 0 Å². The highest BCUT2D eigenvalue weighted by Crippen LogP contribution is 2.32. The smallest absolute Gasteiger partial charge is 0.277 e. The number of hydrogen-bond donors (Lipinski definition) is 0. The van der Waals surface area contributed by atoms with Crippen LogP contribution in [0.15, 0.2) is 27.9 Å². The molecule has 2 saturated heterocycles. The highest BCUT2D eigenvalue weighted by Gasteiger charge is 2.52. The first-order chi connectivity index (χ1) is 10.8. The van der Waals surface area contributed by atoms with Crippen LogP contribution in [0.5, 0.6) is 0 Å². The molecule has 0 aliphatic carbocycles. The van der Waals surface area contributed by atoms with E-state index in [4.69, 9.17) is 4.42 Å². The fourth-order valence-corrected chi connectivity index (χ4v) is 4.79. The normalized spacial score (nSPS) is 29.8. The maximum Gasteiger partial charge on any atom is 0.277 e. The summed E-state index contributed by atoms with van der Waals surface area (Å²) in [4.78, 5) is 28.0. The Morgan fingerprint density at radius 2 is 1.87 bits per heavy atom. The second-order valence-corrected chi connectivity index (χ2v) is 7.74. The summed E-state index contributed by atoms with van der Waals surface area (Å²) in [6.07, 6.45) is 1.69. The minimum Gasteiger partial charge on any atom is -0.452 e. The molecule has 1 aromatic rings. The molecule has 0 unspecified atom stereocenters. The molecule has 3 heterocycles. The number of carbonyl (C=O) groups excluding carboxylic acids is 2. The Hall–Kier alpha value is -1.87. The van der Waals surface area contributed by atoms with E-state index in [1.807, 2.05) is 0 Å². The summed E-state index contributed by atoms with van der Waals surface area (Å²) < 4.78 is 31.7. The van der Waals surface area contributed by atoms with E-state index in [2.05, 4.69) is 0 Å². The number of fused-ring (bicyclic) bond motifs is 1. The second kappa shape index (κ2) is 5.34. The van der Waals surface area contributed by atoms with Gasteiger partial charge in [0.2, 0.25) is 16.9 Å². The number of hydrogen-bond acceptors (Lipinski definition) is 5. The van der Waals surface area contributed by atoms with Gasteiger partial charge in [-0.3, -0.25) is 9.59 Å². The molecule has 2 aliphatic rings. The maximum absolute atomic E-state index is 12.8. The van der Waals surface area contributed by atoms with Gasteiger partial charge in [-0.2, -0.15) is 4.31 Å². The van der Waals surface area contributed by atoms with Gasteiger partial charge in [0, 0.05) is 20.6 Å². The third-order valence-electron chi connectivity index (χ3n) is 4.76. The van der Waals surface area contributed by atoms with Gasteiger partial charge in [0.25, 0.3) is 10.0 Å². The van der Waals surface area contributed by atoms with E-state index in [1.54, 1.807) is 14.0 Å². The van der Waals surface area contributed by atoms with E-state index < -0.39 is 28.1 Å². The molecule has 0 saturated carbocycles. The highest BCUT2D eigenvalue weighted by atomic mass is 32.2. The van der Waals surface area contributed by atoms with Crippen LogP contribution in [-0.2, 0) is 19.6 Å². The van der Waals surface area contributed by atoms with Crippen molar-refractivity contribution in [1.29, 1.82) is 0 Å². The monoisotopic (exact) mass is 341 g/mol. The lowest BCUT2D eigenvalue weighted by Crippen LogP contribution is -2.51. The van der Waals surface area contributed by atoms with Gasteiger partial charge in [0.15, 0.2) is 0 Å². The quantitative estimate of drug-likeness (QED) is 0.738. The number of nitrogens with zero attached hydrogens (tertiary/aromatic N) is 3. The van der Waals surface area contributed by atoms with Crippen LogP contribution in [-0.4, -0.2) is 73.1 Å². The van der Waals surface area contributed by atoms with Crippen molar-refractivity contribution in [2.75, 3.05) is 20.6 Å². The van der Waals surface area contributed by atoms with E-state index in [1.165, 1.54) is 35.2 Å². The molecule has 0 spiro atoms. The van der Waals surface area contributed by atoms with Gasteiger partial charge in [-0.05, 0) is 25.5 Å². The standard InChI is InChI=1S/C14H19N3O5S/c1-9-13(18)16(3)10-6-7-17(12(10)14(19)15(9)2)23(20,21)11-5-4-8-22-11/h4-5,8-10,12H,6-7H2,1-3H3/t9-,10+,12-/m0/s1. The van der Waals surface area contributed by atoms with Crippen molar-refractivity contribution in [3.05, 3.63) is 18.4 Å². The van der Waals surface area contributed by atoms with Crippen LogP contribution in [0.4, 0.5) is 0 Å². The molecule has 0 bridgehead atoms. The molecule has 2 amide bonds. The van der Waals surface area contributed by atoms with Gasteiger partial charge in [0.05, 0.1) is 12.3 Å². The van der Waals surface area contributed by atoms with Gasteiger partial charge < -0.3 is 14.2 Å². The zero-order valence-electron chi connectivity index (χ0n) is 13.2. The molecule has 2 fully saturated rings. The molecule has 0 radical (unpaired) electrons. The molecule has 126 valence electrons. The molecule has 0 aromatic carbocycles. The van der Waals surface area contributed by atoms with Gasteiger partial charge in [-0.1, -0.05) is 0 Å². The number of carbonyl (C=O) groups is 2. The fourth-order valence-electron chi connectivity index (χ4n) is 3.26. The van der Waals surface area contributed by atoms with Crippen LogP contribution < -0.4 is 0 Å². The van der Waals surface area contributed by atoms with Crippen LogP contribution >= 0.6 is 0 Å². The topological polar surface area (TPSA) is 91.1 Å². The van der Waals surface area contributed by atoms with Crippen molar-refractivity contribution in [2.45, 2.75) is 36.6 Å². The van der Waals surface area contributed by atoms with Gasteiger partial charge in [-0.15, -0.1) is 0 Å². The lowest BCUT2D eigenvalue weighted by molar-refractivity contribution is -0.140. The maximum atomic E-state index is 12.8. The van der Waals surface area contributed by atoms with Gasteiger partial charge in [-0.25, -0.2) is 8.42 Å². The Morgan fingerprint density at radius 3 is 2.48 bits per heavy atom. The van der Waals surface area contributed by atoms with Crippen molar-refractivity contribution in [3.8, 4) is 0 Å². The summed E-state index contributed by atoms with van der Waals surface area (Å²) in [7, 11) is -0.774. The summed E-state index contributed by atoms with van der Waals surface area (Å²) in [6.45, 7) is 1.81. The van der Waals surface area contributed by atoms with Crippen molar-refractivity contribution < 1.29 is 22.4 Å². The number of likely N-dealkylation sites (N-methyl/N-ethyl adjacent to an activating group) is 2. The zero-order valence-corrected chi connectivity index (χ0v) is 14.0. The van der Waals surface area contributed by atoms with Crippen LogP contribution in [0.1, 0.15) is 13.3 Å². The van der Waals surface area contributed by atoms with Crippen LogP contribution in [0.2, 0.25) is 0 Å². The van der Waals surface area contributed by atoms with E-state index in [0.29, 0.717) is 6.42 Å². The summed E-state index contributed by atoms with van der Waals surface area (Å²) in [5, 5.41) is -0.195. The summed E-state index contributed by atoms with van der Waals surface area (Å²) in [6, 6.07) is 0.831. The molecule has 0 N–H and O–H groups in total. The van der Waals surface area contributed by atoms with Crippen molar-refractivity contribution in [2.24, 2.45) is 0 Å². The summed E-state index contributed by atoms with van der Waals surface area (Å²) >= 11 is 0. The predicted octanol–water partition coefficient (Wildman–Crippen LogP) is -0.270. The zero-order chi connectivity index (χ0) is 16.9. The van der Waals surface area contributed by atoms with Crippen molar-refractivity contribution in [1.82, 2.24) is 14.1 Å². The average molecular weight is 341 g/mol. The average Bonchev–Trinajstić information content (AvgIpc) is 3.18. The lowest BCUT2D eigenvalue weighted by atomic mass is 10.1. The van der Waals surface area contributed by atoms with Crippen molar-refractivity contribution >= 4 is 21.8 Å². The molecule has 8 nitrogen and oxygen atoms in total. The lowest BCUT2D eigenvalue weighted by Gasteiger charge is -2.28. The first kappa shape index (κ1) is 16.0. The fraction of sp³-hybridized carbons (Fsp3) is 0.571. The first-order valence-electron chi connectivity index (χ1n) is 7.35. The molecule has 3 rings (SSSR count).